The van der Waals surface area contributed by atoms with Crippen LogP contribution in [0.15, 0.2) is 72.9 Å². The zero-order valence-electron chi connectivity index (χ0n) is 22.4. The number of carbonyl (C=O) groups excluding carboxylic acids is 2. The number of halogens is 1. The number of nitrogens with zero attached hydrogens (tertiary/aromatic N) is 2. The Labute approximate surface area is 236 Å². The van der Waals surface area contributed by atoms with E-state index in [1.165, 1.54) is 19.2 Å². The van der Waals surface area contributed by atoms with E-state index in [1.54, 1.807) is 30.5 Å². The Morgan fingerprint density at radius 1 is 1.07 bits per heavy atom. The Bertz CT molecular complexity index is 1610. The maximum Gasteiger partial charge on any atom is 0.258 e. The number of piperidine rings is 1. The summed E-state index contributed by atoms with van der Waals surface area (Å²) >= 11 is 0. The average Bonchev–Trinajstić information content (AvgIpc) is 2.98. The SMILES string of the molecule is COc1ccc2cc1OCC(=O)NCc1cc(F)cc(c1)O[C@@H]1CCN(c3nccc4ccccc34)C[C@@H]1NC2=O. The van der Waals surface area contributed by atoms with Crippen LogP contribution in [0.2, 0.25) is 0 Å². The van der Waals surface area contributed by atoms with E-state index >= 15 is 0 Å². The van der Waals surface area contributed by atoms with E-state index in [0.717, 1.165) is 16.6 Å². The van der Waals surface area contributed by atoms with Gasteiger partial charge in [-0.3, -0.25) is 9.59 Å². The van der Waals surface area contributed by atoms with Gasteiger partial charge in [0.15, 0.2) is 18.1 Å². The van der Waals surface area contributed by atoms with E-state index in [2.05, 4.69) is 20.5 Å². The largest absolute Gasteiger partial charge is 0.493 e. The molecule has 0 radical (unpaired) electrons. The lowest BCUT2D eigenvalue weighted by molar-refractivity contribution is -0.123. The summed E-state index contributed by atoms with van der Waals surface area (Å²) in [6.07, 6.45) is 1.88. The Hall–Kier alpha value is -4.86. The number of benzene rings is 3. The summed E-state index contributed by atoms with van der Waals surface area (Å²) in [6.45, 7) is 0.836. The monoisotopic (exact) mass is 556 g/mol. The van der Waals surface area contributed by atoms with Crippen LogP contribution in [0.4, 0.5) is 10.2 Å². The van der Waals surface area contributed by atoms with Crippen molar-refractivity contribution >= 4 is 28.4 Å². The van der Waals surface area contributed by atoms with Gasteiger partial charge in [0, 0.05) is 49.3 Å². The third kappa shape index (κ3) is 5.72. The number of pyridine rings is 1. The van der Waals surface area contributed by atoms with Crippen LogP contribution in [0, 0.1) is 5.82 Å². The zero-order chi connectivity index (χ0) is 28.3. The lowest BCUT2D eigenvalue weighted by Crippen LogP contribution is -2.57. The molecule has 1 aromatic heterocycles. The standard InChI is InChI=1S/C31H29FN4O5/c1-39-27-7-6-21-14-28(27)40-18-29(37)34-16-19-12-22(32)15-23(13-19)41-26-9-11-36(17-25(26)35-31(21)38)30-24-5-3-2-4-20(24)8-10-33-30/h2-8,10,12-15,25-26H,9,11,16-18H2,1H3,(H,34,37)(H,35,38)/t25-,26+/m0/s1. The number of carbonyl (C=O) groups is 2. The van der Waals surface area contributed by atoms with Gasteiger partial charge in [0.1, 0.15) is 23.5 Å². The van der Waals surface area contributed by atoms with E-state index in [4.69, 9.17) is 14.2 Å². The molecule has 2 N–H and O–H groups in total. The van der Waals surface area contributed by atoms with Crippen molar-refractivity contribution < 1.29 is 28.2 Å². The van der Waals surface area contributed by atoms with Crippen LogP contribution in [0.25, 0.3) is 10.8 Å². The summed E-state index contributed by atoms with van der Waals surface area (Å²) in [4.78, 5) is 32.8. The quantitative estimate of drug-likeness (QED) is 0.387. The third-order valence-electron chi connectivity index (χ3n) is 7.31. The number of nitrogens with one attached hydrogen (secondary N) is 2. The molecule has 0 spiro atoms. The molecule has 4 bridgehead atoms. The second-order valence-corrected chi connectivity index (χ2v) is 10.1. The molecule has 210 valence electrons. The van der Waals surface area contributed by atoms with Gasteiger partial charge in [-0.2, -0.15) is 0 Å². The molecule has 1 fully saturated rings. The molecule has 4 aromatic rings. The maximum atomic E-state index is 14.6. The van der Waals surface area contributed by atoms with Crippen LogP contribution in [0.3, 0.4) is 0 Å². The van der Waals surface area contributed by atoms with Gasteiger partial charge in [0.25, 0.3) is 11.8 Å². The van der Waals surface area contributed by atoms with Gasteiger partial charge in [-0.05, 0) is 47.3 Å². The van der Waals surface area contributed by atoms with Crippen molar-refractivity contribution in [3.63, 3.8) is 0 Å². The number of hydrogen-bond acceptors (Lipinski definition) is 7. The van der Waals surface area contributed by atoms with E-state index < -0.39 is 23.9 Å². The van der Waals surface area contributed by atoms with Crippen molar-refractivity contribution in [1.29, 1.82) is 0 Å². The third-order valence-corrected chi connectivity index (χ3v) is 7.31. The fraction of sp³-hybridized carbons (Fsp3) is 0.258. The smallest absolute Gasteiger partial charge is 0.258 e. The van der Waals surface area contributed by atoms with Gasteiger partial charge in [0.2, 0.25) is 0 Å². The average molecular weight is 557 g/mol. The number of fused-ring (bicyclic) bond motifs is 6. The molecule has 0 aliphatic carbocycles. The minimum Gasteiger partial charge on any atom is -0.493 e. The van der Waals surface area contributed by atoms with Crippen LogP contribution in [-0.4, -0.2) is 55.8 Å². The van der Waals surface area contributed by atoms with Crippen molar-refractivity contribution in [2.75, 3.05) is 31.7 Å². The maximum absolute atomic E-state index is 14.6. The highest BCUT2D eigenvalue weighted by Crippen LogP contribution is 2.31. The summed E-state index contributed by atoms with van der Waals surface area (Å²) in [5, 5.41) is 7.94. The predicted octanol–water partition coefficient (Wildman–Crippen LogP) is 3.85. The molecule has 0 unspecified atom stereocenters. The molecule has 2 aliphatic rings. The van der Waals surface area contributed by atoms with Crippen LogP contribution in [0.1, 0.15) is 22.3 Å². The second kappa shape index (κ2) is 11.3. The van der Waals surface area contributed by atoms with Gasteiger partial charge in [-0.15, -0.1) is 0 Å². The molecule has 1 saturated heterocycles. The summed E-state index contributed by atoms with van der Waals surface area (Å²) in [5.41, 5.74) is 0.874. The van der Waals surface area contributed by atoms with Crippen molar-refractivity contribution in [3.8, 4) is 17.2 Å². The van der Waals surface area contributed by atoms with Gasteiger partial charge >= 0.3 is 0 Å². The molecule has 2 aliphatic heterocycles. The van der Waals surface area contributed by atoms with Gasteiger partial charge < -0.3 is 29.7 Å². The number of ether oxygens (including phenoxy) is 3. The first-order valence-corrected chi connectivity index (χ1v) is 13.4. The molecule has 0 saturated carbocycles. The van der Waals surface area contributed by atoms with Crippen molar-refractivity contribution in [3.05, 3.63) is 89.9 Å². The molecule has 2 atom stereocenters. The van der Waals surface area contributed by atoms with Crippen LogP contribution in [0.5, 0.6) is 17.2 Å². The fourth-order valence-electron chi connectivity index (χ4n) is 5.30. The number of rotatable bonds is 2. The summed E-state index contributed by atoms with van der Waals surface area (Å²) < 4.78 is 31.9. The normalized spacial score (nSPS) is 19.3. The minimum atomic E-state index is -0.484. The predicted molar refractivity (Wildman–Crippen MR) is 151 cm³/mol. The molecule has 2 amide bonds. The molecular formula is C31H29FN4O5. The lowest BCUT2D eigenvalue weighted by atomic mass is 10.00. The summed E-state index contributed by atoms with van der Waals surface area (Å²) in [7, 11) is 1.48. The van der Waals surface area contributed by atoms with Crippen molar-refractivity contribution in [1.82, 2.24) is 15.6 Å². The summed E-state index contributed by atoms with van der Waals surface area (Å²) in [6, 6.07) is 18.7. The molecule has 3 aromatic carbocycles. The Morgan fingerprint density at radius 2 is 1.95 bits per heavy atom. The van der Waals surface area contributed by atoms with E-state index in [1.807, 2.05) is 30.3 Å². The second-order valence-electron chi connectivity index (χ2n) is 10.1. The highest BCUT2D eigenvalue weighted by atomic mass is 19.1. The first-order chi connectivity index (χ1) is 20.0. The highest BCUT2D eigenvalue weighted by Gasteiger charge is 2.34. The number of aromatic nitrogens is 1. The van der Waals surface area contributed by atoms with Crippen LogP contribution < -0.4 is 29.7 Å². The number of amides is 2. The number of methoxy groups -OCH3 is 1. The highest BCUT2D eigenvalue weighted by molar-refractivity contribution is 5.95. The molecule has 3 heterocycles. The molecule has 41 heavy (non-hydrogen) atoms. The summed E-state index contributed by atoms with van der Waals surface area (Å²) in [5.74, 6) is 0.556. The molecule has 9 nitrogen and oxygen atoms in total. The fourth-order valence-corrected chi connectivity index (χ4v) is 5.30. The van der Waals surface area contributed by atoms with Crippen molar-refractivity contribution in [2.24, 2.45) is 0 Å². The Morgan fingerprint density at radius 3 is 2.83 bits per heavy atom. The number of anilines is 1. The van der Waals surface area contributed by atoms with Crippen molar-refractivity contribution in [2.45, 2.75) is 25.1 Å². The Kier molecular flexibility index (Phi) is 7.28. The van der Waals surface area contributed by atoms with Gasteiger partial charge in [0.05, 0.1) is 13.2 Å². The van der Waals surface area contributed by atoms with E-state index in [9.17, 15) is 14.0 Å². The topological polar surface area (TPSA) is 102 Å². The van der Waals surface area contributed by atoms with Gasteiger partial charge in [-0.1, -0.05) is 24.3 Å². The molecule has 10 heteroatoms. The molecule has 6 rings (SSSR count). The van der Waals surface area contributed by atoms with E-state index in [0.29, 0.717) is 42.1 Å². The molecular weight excluding hydrogens is 527 g/mol. The lowest BCUT2D eigenvalue weighted by Gasteiger charge is -2.39. The number of hydrogen-bond donors (Lipinski definition) is 2. The zero-order valence-corrected chi connectivity index (χ0v) is 22.4. The first kappa shape index (κ1) is 26.4. The minimum absolute atomic E-state index is 0.0961. The Balaban J connectivity index is 1.36. The van der Waals surface area contributed by atoms with Crippen LogP contribution in [-0.2, 0) is 11.3 Å². The van der Waals surface area contributed by atoms with Crippen LogP contribution >= 0.6 is 0 Å². The first-order valence-electron chi connectivity index (χ1n) is 13.4. The van der Waals surface area contributed by atoms with E-state index in [-0.39, 0.29) is 24.8 Å². The van der Waals surface area contributed by atoms with Gasteiger partial charge in [-0.25, -0.2) is 9.37 Å².